The molecule has 0 aliphatic rings. The normalized spacial score (nSPS) is 9.69. The topological polar surface area (TPSA) is 60.2 Å². The molecule has 0 N–H and O–H groups in total. The number of carbonyl (C=O) groups excluding carboxylic acids is 1. The number of rotatable bonds is 2. The van der Waals surface area contributed by atoms with Gasteiger partial charge in [-0.05, 0) is 0 Å². The molecule has 0 fully saturated rings. The van der Waals surface area contributed by atoms with Gasteiger partial charge in [0.2, 0.25) is 12.1 Å². The zero-order chi connectivity index (χ0) is 10.0. The number of hydrogen-bond acceptors (Lipinski definition) is 3. The molecule has 0 atom stereocenters. The molecule has 0 aromatic heterocycles. The molecule has 1 rings (SSSR count). The smallest absolute Gasteiger partial charge is 0.285 e. The standard InChI is InChI=1S/C7H2ClFNO3/c8-5-2-6(9)7(10(12)13)1-4(5)3-11/h1-2H. The van der Waals surface area contributed by atoms with Crippen LogP contribution in [0.15, 0.2) is 12.1 Å². The molecule has 6 heteroatoms. The lowest BCUT2D eigenvalue weighted by atomic mass is 10.2. The van der Waals surface area contributed by atoms with Gasteiger partial charge in [-0.25, -0.2) is 0 Å². The predicted molar refractivity (Wildman–Crippen MR) is 42.9 cm³/mol. The second-order valence-electron chi connectivity index (χ2n) is 2.14. The highest BCUT2D eigenvalue weighted by molar-refractivity contribution is 6.33. The van der Waals surface area contributed by atoms with Crippen LogP contribution in [0.2, 0.25) is 5.02 Å². The summed E-state index contributed by atoms with van der Waals surface area (Å²) in [4.78, 5) is 19.4. The number of nitrogens with zero attached hydrogens (tertiary/aromatic N) is 1. The Hall–Kier alpha value is -1.49. The Bertz CT molecular complexity index is 380. The van der Waals surface area contributed by atoms with Crippen molar-refractivity contribution in [2.75, 3.05) is 0 Å². The number of nitro benzene ring substituents is 1. The third-order valence-corrected chi connectivity index (χ3v) is 1.66. The van der Waals surface area contributed by atoms with E-state index in [-0.39, 0.29) is 10.6 Å². The highest BCUT2D eigenvalue weighted by Gasteiger charge is 2.17. The number of benzene rings is 1. The summed E-state index contributed by atoms with van der Waals surface area (Å²) in [6, 6.07) is 1.45. The number of hydrogen-bond donors (Lipinski definition) is 0. The maximum Gasteiger partial charge on any atom is 0.305 e. The molecule has 0 unspecified atom stereocenters. The minimum absolute atomic E-state index is 0.196. The van der Waals surface area contributed by atoms with Gasteiger partial charge in [-0.2, -0.15) is 4.39 Å². The molecule has 1 radical (unpaired) electrons. The number of halogens is 2. The first-order chi connectivity index (χ1) is 6.06. The van der Waals surface area contributed by atoms with Crippen LogP contribution in [0.4, 0.5) is 10.1 Å². The first-order valence-electron chi connectivity index (χ1n) is 3.08. The summed E-state index contributed by atoms with van der Waals surface area (Å²) in [6.07, 6.45) is 1.36. The molecule has 1 aromatic carbocycles. The predicted octanol–water partition coefficient (Wildman–Crippen LogP) is 1.85. The van der Waals surface area contributed by atoms with Crippen molar-refractivity contribution in [3.63, 3.8) is 0 Å². The van der Waals surface area contributed by atoms with Gasteiger partial charge in [-0.15, -0.1) is 0 Å². The Morgan fingerprint density at radius 1 is 1.54 bits per heavy atom. The van der Waals surface area contributed by atoms with Crippen LogP contribution in [0.5, 0.6) is 0 Å². The summed E-state index contributed by atoms with van der Waals surface area (Å²) in [5, 5.41) is 10.00. The van der Waals surface area contributed by atoms with E-state index in [0.29, 0.717) is 6.07 Å². The molecule has 0 saturated carbocycles. The van der Waals surface area contributed by atoms with Crippen molar-refractivity contribution in [1.82, 2.24) is 0 Å². The minimum Gasteiger partial charge on any atom is -0.285 e. The van der Waals surface area contributed by atoms with E-state index < -0.39 is 16.4 Å². The van der Waals surface area contributed by atoms with E-state index in [1.54, 1.807) is 0 Å². The molecular formula is C7H2ClFNO3. The van der Waals surface area contributed by atoms with Gasteiger partial charge >= 0.3 is 5.69 Å². The van der Waals surface area contributed by atoms with Crippen molar-refractivity contribution in [2.45, 2.75) is 0 Å². The Balaban J connectivity index is 3.38. The van der Waals surface area contributed by atoms with Gasteiger partial charge in [0, 0.05) is 12.1 Å². The van der Waals surface area contributed by atoms with Gasteiger partial charge in [0.25, 0.3) is 0 Å². The summed E-state index contributed by atoms with van der Waals surface area (Å²) in [5.74, 6) is -1.08. The fraction of sp³-hybridized carbons (Fsp3) is 0. The second kappa shape index (κ2) is 3.49. The monoisotopic (exact) mass is 202 g/mol. The van der Waals surface area contributed by atoms with Crippen LogP contribution in [0, 0.1) is 15.9 Å². The van der Waals surface area contributed by atoms with E-state index in [9.17, 15) is 19.3 Å². The van der Waals surface area contributed by atoms with Crippen LogP contribution < -0.4 is 0 Å². The lowest BCUT2D eigenvalue weighted by Gasteiger charge is -1.96. The Kier molecular flexibility index (Phi) is 2.57. The first-order valence-corrected chi connectivity index (χ1v) is 3.45. The van der Waals surface area contributed by atoms with E-state index in [4.69, 9.17) is 11.6 Å². The van der Waals surface area contributed by atoms with E-state index in [1.807, 2.05) is 0 Å². The molecule has 0 spiro atoms. The van der Waals surface area contributed by atoms with Crippen molar-refractivity contribution < 1.29 is 14.1 Å². The summed E-state index contributed by atoms with van der Waals surface area (Å²) in [6.45, 7) is 0. The van der Waals surface area contributed by atoms with Crippen molar-refractivity contribution in [3.05, 3.63) is 38.7 Å². The van der Waals surface area contributed by atoms with Gasteiger partial charge < -0.3 is 0 Å². The summed E-state index contributed by atoms with van der Waals surface area (Å²) >= 11 is 5.38. The van der Waals surface area contributed by atoms with Crippen LogP contribution in [-0.2, 0) is 4.79 Å². The third-order valence-electron chi connectivity index (χ3n) is 1.34. The van der Waals surface area contributed by atoms with Gasteiger partial charge in [-0.3, -0.25) is 14.9 Å². The molecular weight excluding hydrogens is 201 g/mol. The van der Waals surface area contributed by atoms with Crippen molar-refractivity contribution in [2.24, 2.45) is 0 Å². The highest BCUT2D eigenvalue weighted by Crippen LogP contribution is 2.24. The fourth-order valence-corrected chi connectivity index (χ4v) is 0.945. The summed E-state index contributed by atoms with van der Waals surface area (Å²) in [5.41, 5.74) is -1.02. The lowest BCUT2D eigenvalue weighted by Crippen LogP contribution is -1.95. The molecule has 4 nitrogen and oxygen atoms in total. The molecule has 0 aliphatic carbocycles. The van der Waals surface area contributed by atoms with Crippen LogP contribution in [0.1, 0.15) is 5.56 Å². The maximum atomic E-state index is 12.8. The van der Waals surface area contributed by atoms with Crippen molar-refractivity contribution in [1.29, 1.82) is 0 Å². The molecule has 0 aliphatic heterocycles. The zero-order valence-electron chi connectivity index (χ0n) is 6.08. The molecule has 0 heterocycles. The Labute approximate surface area is 77.1 Å². The van der Waals surface area contributed by atoms with E-state index in [1.165, 1.54) is 6.29 Å². The molecule has 13 heavy (non-hydrogen) atoms. The first kappa shape index (κ1) is 9.60. The SMILES string of the molecule is O=[C]c1cc([N+](=O)[O-])c(F)cc1Cl. The average molecular weight is 203 g/mol. The quantitative estimate of drug-likeness (QED) is 0.543. The molecule has 0 saturated heterocycles. The van der Waals surface area contributed by atoms with Crippen LogP contribution >= 0.6 is 11.6 Å². The largest absolute Gasteiger partial charge is 0.305 e. The van der Waals surface area contributed by atoms with Crippen molar-refractivity contribution >= 4 is 23.6 Å². The molecule has 0 bridgehead atoms. The maximum absolute atomic E-state index is 12.8. The van der Waals surface area contributed by atoms with E-state index >= 15 is 0 Å². The second-order valence-corrected chi connectivity index (χ2v) is 2.55. The van der Waals surface area contributed by atoms with Gasteiger partial charge in [0.15, 0.2) is 0 Å². The molecule has 0 amide bonds. The average Bonchev–Trinajstić information content (AvgIpc) is 2.03. The van der Waals surface area contributed by atoms with Gasteiger partial charge in [-0.1, -0.05) is 11.6 Å². The van der Waals surface area contributed by atoms with Gasteiger partial charge in [0.05, 0.1) is 15.5 Å². The Morgan fingerprint density at radius 3 is 2.62 bits per heavy atom. The minimum atomic E-state index is -1.08. The number of nitro groups is 1. The molecule has 67 valence electrons. The summed E-state index contributed by atoms with van der Waals surface area (Å²) < 4.78 is 12.8. The van der Waals surface area contributed by atoms with Crippen LogP contribution in [0.3, 0.4) is 0 Å². The van der Waals surface area contributed by atoms with Crippen molar-refractivity contribution in [3.8, 4) is 0 Å². The van der Waals surface area contributed by atoms with E-state index in [0.717, 1.165) is 6.07 Å². The van der Waals surface area contributed by atoms with Crippen LogP contribution in [-0.4, -0.2) is 11.2 Å². The third kappa shape index (κ3) is 1.81. The Morgan fingerprint density at radius 2 is 2.15 bits per heavy atom. The fourth-order valence-electron chi connectivity index (χ4n) is 0.756. The zero-order valence-corrected chi connectivity index (χ0v) is 6.84. The van der Waals surface area contributed by atoms with Gasteiger partial charge in [0.1, 0.15) is 0 Å². The van der Waals surface area contributed by atoms with E-state index in [2.05, 4.69) is 0 Å². The highest BCUT2D eigenvalue weighted by atomic mass is 35.5. The lowest BCUT2D eigenvalue weighted by molar-refractivity contribution is -0.387. The summed E-state index contributed by atoms with van der Waals surface area (Å²) in [7, 11) is 0. The van der Waals surface area contributed by atoms with Crippen LogP contribution in [0.25, 0.3) is 0 Å². The molecule has 1 aromatic rings.